The summed E-state index contributed by atoms with van der Waals surface area (Å²) in [5, 5.41) is 9.40. The van der Waals surface area contributed by atoms with Gasteiger partial charge >= 0.3 is 0 Å². The highest BCUT2D eigenvalue weighted by Gasteiger charge is 2.29. The molecular formula is C29H32N6OS. The zero-order valence-electron chi connectivity index (χ0n) is 20.8. The van der Waals surface area contributed by atoms with Crippen molar-refractivity contribution in [1.29, 1.82) is 0 Å². The van der Waals surface area contributed by atoms with Crippen LogP contribution in [0.15, 0.2) is 72.5 Å². The summed E-state index contributed by atoms with van der Waals surface area (Å²) >= 11 is 1.49. The first kappa shape index (κ1) is 23.9. The molecule has 0 radical (unpaired) electrons. The van der Waals surface area contributed by atoms with Gasteiger partial charge in [-0.25, -0.2) is 4.98 Å². The van der Waals surface area contributed by atoms with E-state index < -0.39 is 0 Å². The van der Waals surface area contributed by atoms with E-state index in [0.717, 1.165) is 37.2 Å². The van der Waals surface area contributed by atoms with Crippen LogP contribution in [0.4, 0.5) is 10.8 Å². The molecule has 1 amide bonds. The second kappa shape index (κ2) is 10.9. The second-order valence-electron chi connectivity index (χ2n) is 9.85. The van der Waals surface area contributed by atoms with Gasteiger partial charge in [-0.1, -0.05) is 18.6 Å². The summed E-state index contributed by atoms with van der Waals surface area (Å²) in [4.78, 5) is 24.4. The summed E-state index contributed by atoms with van der Waals surface area (Å²) in [6, 6.07) is 17.5. The minimum absolute atomic E-state index is 0.143. The van der Waals surface area contributed by atoms with E-state index in [0.29, 0.717) is 23.4 Å². The summed E-state index contributed by atoms with van der Waals surface area (Å²) in [5.41, 5.74) is 5.37. The first-order valence-electron chi connectivity index (χ1n) is 13.2. The van der Waals surface area contributed by atoms with Crippen LogP contribution < -0.4 is 15.5 Å². The van der Waals surface area contributed by atoms with Crippen LogP contribution in [0.25, 0.3) is 0 Å². The largest absolute Gasteiger partial charge is 0.363 e. The number of thiazole rings is 1. The van der Waals surface area contributed by atoms with E-state index >= 15 is 0 Å². The number of hydrogen-bond donors (Lipinski definition) is 2. The number of carbonyl (C=O) groups is 1. The first-order valence-corrected chi connectivity index (χ1v) is 14.0. The number of piperidine rings is 1. The van der Waals surface area contributed by atoms with Crippen LogP contribution in [0.3, 0.4) is 0 Å². The molecule has 2 saturated heterocycles. The fraction of sp³-hybridized carbons (Fsp3) is 0.345. The van der Waals surface area contributed by atoms with E-state index in [-0.39, 0.29) is 11.9 Å². The summed E-state index contributed by atoms with van der Waals surface area (Å²) in [7, 11) is 0. The number of aromatic nitrogens is 3. The number of carbonyl (C=O) groups excluding carboxylic acids is 1. The molecule has 2 N–H and O–H groups in total. The maximum Gasteiger partial charge on any atom is 0.274 e. The van der Waals surface area contributed by atoms with Crippen LogP contribution in [0.1, 0.15) is 71.5 Å². The molecule has 6 rings (SSSR count). The predicted molar refractivity (Wildman–Crippen MR) is 148 cm³/mol. The topological polar surface area (TPSA) is 75.1 Å². The third-order valence-corrected chi connectivity index (χ3v) is 8.21. The molecule has 1 unspecified atom stereocenters. The Morgan fingerprint density at radius 3 is 2.73 bits per heavy atom. The monoisotopic (exact) mass is 512 g/mol. The lowest BCUT2D eigenvalue weighted by atomic mass is 9.97. The van der Waals surface area contributed by atoms with Crippen molar-refractivity contribution in [3.8, 4) is 0 Å². The highest BCUT2D eigenvalue weighted by molar-refractivity contribution is 7.14. The van der Waals surface area contributed by atoms with Crippen molar-refractivity contribution in [1.82, 2.24) is 19.9 Å². The highest BCUT2D eigenvalue weighted by Crippen LogP contribution is 2.38. The Kier molecular flexibility index (Phi) is 7.01. The van der Waals surface area contributed by atoms with Crippen molar-refractivity contribution < 1.29 is 4.79 Å². The van der Waals surface area contributed by atoms with Crippen LogP contribution in [0.5, 0.6) is 0 Å². The van der Waals surface area contributed by atoms with Gasteiger partial charge in [-0.2, -0.15) is 0 Å². The second-order valence-corrected chi connectivity index (χ2v) is 10.7. The Hall–Kier alpha value is -3.49. The normalized spacial score (nSPS) is 19.7. The van der Waals surface area contributed by atoms with Crippen LogP contribution in [0.2, 0.25) is 0 Å². The third kappa shape index (κ3) is 5.31. The number of pyridine rings is 1. The molecule has 0 aliphatic carbocycles. The van der Waals surface area contributed by atoms with Gasteiger partial charge in [-0.3, -0.25) is 15.1 Å². The third-order valence-electron chi connectivity index (χ3n) is 7.44. The van der Waals surface area contributed by atoms with Crippen molar-refractivity contribution in [2.45, 2.75) is 50.7 Å². The Balaban J connectivity index is 1.12. The van der Waals surface area contributed by atoms with Crippen LogP contribution >= 0.6 is 11.3 Å². The van der Waals surface area contributed by atoms with Gasteiger partial charge in [0.05, 0.1) is 11.7 Å². The van der Waals surface area contributed by atoms with Crippen molar-refractivity contribution in [3.63, 3.8) is 0 Å². The molecule has 0 bridgehead atoms. The number of hydrogen-bond acceptors (Lipinski definition) is 6. The lowest BCUT2D eigenvalue weighted by molar-refractivity contribution is 0.101. The molecule has 0 spiro atoms. The number of nitrogens with zero attached hydrogens (tertiary/aromatic N) is 4. The Morgan fingerprint density at radius 2 is 1.92 bits per heavy atom. The van der Waals surface area contributed by atoms with Gasteiger partial charge in [0.2, 0.25) is 0 Å². The van der Waals surface area contributed by atoms with Crippen LogP contribution in [0, 0.1) is 0 Å². The minimum Gasteiger partial charge on any atom is -0.363 e. The molecular weight excluding hydrogens is 480 g/mol. The lowest BCUT2D eigenvalue weighted by Crippen LogP contribution is -2.27. The van der Waals surface area contributed by atoms with Crippen LogP contribution in [-0.2, 0) is 6.54 Å². The number of anilines is 2. The fourth-order valence-corrected chi connectivity index (χ4v) is 6.27. The summed E-state index contributed by atoms with van der Waals surface area (Å²) in [6.07, 6.45) is 11.5. The molecule has 3 aromatic heterocycles. The van der Waals surface area contributed by atoms with Crippen molar-refractivity contribution in [2.75, 3.05) is 23.3 Å². The quantitative estimate of drug-likeness (QED) is 0.328. The van der Waals surface area contributed by atoms with Gasteiger partial charge in [-0.15, -0.1) is 11.3 Å². The zero-order chi connectivity index (χ0) is 25.0. The molecule has 2 fully saturated rings. The van der Waals surface area contributed by atoms with Gasteiger partial charge in [-0.05, 0) is 79.8 Å². The summed E-state index contributed by atoms with van der Waals surface area (Å²) < 4.78 is 1.95. The van der Waals surface area contributed by atoms with Crippen LogP contribution in [-0.4, -0.2) is 33.5 Å². The number of rotatable bonds is 7. The Morgan fingerprint density at radius 1 is 1.05 bits per heavy atom. The fourth-order valence-electron chi connectivity index (χ4n) is 5.52. The van der Waals surface area contributed by atoms with E-state index in [9.17, 15) is 4.79 Å². The molecule has 2 aliphatic rings. The predicted octanol–water partition coefficient (Wildman–Crippen LogP) is 5.80. The van der Waals surface area contributed by atoms with E-state index in [1.165, 1.54) is 41.9 Å². The zero-order valence-corrected chi connectivity index (χ0v) is 21.7. The SMILES string of the molecule is O=C(Nc1nc([C@H]2CCCN2c2ccc(C3CCCCN3)cc2)cs1)c1cccn1Cc1ccncc1. The number of nitrogens with one attached hydrogen (secondary N) is 2. The number of amides is 1. The van der Waals surface area contributed by atoms with E-state index in [1.54, 1.807) is 12.4 Å². The van der Waals surface area contributed by atoms with Gasteiger partial charge in [0, 0.05) is 48.8 Å². The first-order chi connectivity index (χ1) is 18.2. The molecule has 0 saturated carbocycles. The standard InChI is InChI=1S/C29H32N6OS/c36-28(27-7-3-17-34(27)19-21-12-15-30-16-13-21)33-29-32-25(20-37-29)26-6-4-18-35(26)23-10-8-22(9-11-23)24-5-1-2-14-31-24/h3,7-13,15-17,20,24,26,31H,1-2,4-6,14,18-19H2,(H,32,33,36)/t24?,26-/m1/s1. The van der Waals surface area contributed by atoms with E-state index in [1.807, 2.05) is 35.0 Å². The Labute approximate surface area is 221 Å². The maximum absolute atomic E-state index is 13.1. The van der Waals surface area contributed by atoms with Gasteiger partial charge in [0.25, 0.3) is 5.91 Å². The average molecular weight is 513 g/mol. The number of benzene rings is 1. The van der Waals surface area contributed by atoms with Crippen molar-refractivity contribution in [3.05, 3.63) is 95.0 Å². The Bertz CT molecular complexity index is 1330. The maximum atomic E-state index is 13.1. The molecule has 7 nitrogen and oxygen atoms in total. The minimum atomic E-state index is -0.143. The summed E-state index contributed by atoms with van der Waals surface area (Å²) in [5.74, 6) is -0.143. The van der Waals surface area contributed by atoms with Gasteiger partial charge in [0.15, 0.2) is 5.13 Å². The molecule has 2 aliphatic heterocycles. The lowest BCUT2D eigenvalue weighted by Gasteiger charge is -2.27. The van der Waals surface area contributed by atoms with Crippen molar-refractivity contribution in [2.24, 2.45) is 0 Å². The molecule has 190 valence electrons. The van der Waals surface area contributed by atoms with E-state index in [2.05, 4.69) is 50.2 Å². The molecule has 1 aromatic carbocycles. The summed E-state index contributed by atoms with van der Waals surface area (Å²) in [6.45, 7) is 2.75. The van der Waals surface area contributed by atoms with E-state index in [4.69, 9.17) is 4.98 Å². The molecule has 37 heavy (non-hydrogen) atoms. The smallest absolute Gasteiger partial charge is 0.274 e. The van der Waals surface area contributed by atoms with Crippen molar-refractivity contribution >= 4 is 28.1 Å². The molecule has 2 atom stereocenters. The highest BCUT2D eigenvalue weighted by atomic mass is 32.1. The molecule has 4 aromatic rings. The average Bonchev–Trinajstić information content (AvgIpc) is 3.71. The van der Waals surface area contributed by atoms with Gasteiger partial charge < -0.3 is 14.8 Å². The van der Waals surface area contributed by atoms with Gasteiger partial charge in [0.1, 0.15) is 5.69 Å². The molecule has 8 heteroatoms. The molecule has 5 heterocycles.